The normalized spacial score (nSPS) is 11.3. The average molecular weight is 656 g/mol. The summed E-state index contributed by atoms with van der Waals surface area (Å²) in [6.07, 6.45) is 7.49. The van der Waals surface area contributed by atoms with Crippen LogP contribution in [0.1, 0.15) is 15.9 Å². The Morgan fingerprint density at radius 1 is 1.00 bits per heavy atom. The highest BCUT2D eigenvalue weighted by Crippen LogP contribution is 2.44. The van der Waals surface area contributed by atoms with E-state index in [1.54, 1.807) is 47.3 Å². The number of aromatic amines is 1. The Hall–Kier alpha value is -6.67. The third-order valence-electron chi connectivity index (χ3n) is 7.56. The van der Waals surface area contributed by atoms with Crippen molar-refractivity contribution in [2.75, 3.05) is 19.4 Å². The number of aryl methyl sites for hydroxylation is 1. The zero-order valence-corrected chi connectivity index (χ0v) is 26.6. The molecule has 0 spiro atoms. The molecule has 5 heterocycles. The first-order valence-corrected chi connectivity index (χ1v) is 15.1. The van der Waals surface area contributed by atoms with Crippen LogP contribution in [0.25, 0.3) is 39.4 Å². The summed E-state index contributed by atoms with van der Waals surface area (Å²) < 4.78 is 15.1. The van der Waals surface area contributed by atoms with E-state index in [-0.39, 0.29) is 17.3 Å². The Kier molecular flexibility index (Phi) is 8.12. The number of fused-ring (bicyclic) bond motifs is 1. The molecule has 0 aliphatic rings. The van der Waals surface area contributed by atoms with Crippen LogP contribution in [0.2, 0.25) is 0 Å². The maximum absolute atomic E-state index is 13.1. The smallest absolute Gasteiger partial charge is 0.334 e. The number of furan rings is 1. The first kappa shape index (κ1) is 31.0. The molecule has 14 nitrogen and oxygen atoms in total. The highest BCUT2D eigenvalue weighted by Gasteiger charge is 2.24. The minimum atomic E-state index is -0.804. The number of benzene rings is 2. The molecule has 0 atom stereocenters. The third kappa shape index (κ3) is 6.23. The Balaban J connectivity index is 1.20. The standard InChI is InChI=1S/C35H29N9O5/c1-42(2)18-21-7-6-8-22(15-21)28-29-32(38-20-39-33(29)49-30(28)23-16-40-43(3)19-23)48-25-12-10-24(11-13-25)41-31(45)26-17-37-35(47)44(34(26)46)27-9-4-5-14-36-27/h4-17,19-20H,18H2,1-3H3,(H,37,47)(H,41,45). The van der Waals surface area contributed by atoms with E-state index >= 15 is 0 Å². The maximum Gasteiger partial charge on any atom is 0.334 e. The van der Waals surface area contributed by atoms with Crippen molar-refractivity contribution in [3.05, 3.63) is 130 Å². The number of aromatic nitrogens is 7. The van der Waals surface area contributed by atoms with Crippen molar-refractivity contribution in [1.82, 2.24) is 39.2 Å². The molecule has 0 aliphatic heterocycles. The van der Waals surface area contributed by atoms with E-state index in [0.29, 0.717) is 28.3 Å². The lowest BCUT2D eigenvalue weighted by Gasteiger charge is -2.12. The lowest BCUT2D eigenvalue weighted by molar-refractivity contribution is 0.102. The van der Waals surface area contributed by atoms with Gasteiger partial charge < -0.3 is 24.4 Å². The predicted molar refractivity (Wildman–Crippen MR) is 182 cm³/mol. The number of rotatable bonds is 9. The van der Waals surface area contributed by atoms with Gasteiger partial charge in [-0.25, -0.2) is 24.3 Å². The number of ether oxygens (including phenoxy) is 1. The fourth-order valence-electron chi connectivity index (χ4n) is 5.44. The van der Waals surface area contributed by atoms with Crippen molar-refractivity contribution in [1.29, 1.82) is 0 Å². The number of anilines is 1. The van der Waals surface area contributed by atoms with Crippen LogP contribution in [-0.2, 0) is 13.6 Å². The Bertz CT molecular complexity index is 2430. The van der Waals surface area contributed by atoms with Gasteiger partial charge in [-0.15, -0.1) is 0 Å². The van der Waals surface area contributed by atoms with Crippen LogP contribution in [0.15, 0.2) is 112 Å². The molecule has 7 aromatic rings. The summed E-state index contributed by atoms with van der Waals surface area (Å²) in [5, 5.41) is 7.61. The fraction of sp³-hybridized carbons (Fsp3) is 0.114. The number of carbonyl (C=O) groups is 1. The van der Waals surface area contributed by atoms with Crippen LogP contribution in [0.5, 0.6) is 11.6 Å². The molecule has 7 rings (SSSR count). The highest BCUT2D eigenvalue weighted by molar-refractivity contribution is 6.04. The third-order valence-corrected chi connectivity index (χ3v) is 7.56. The van der Waals surface area contributed by atoms with E-state index in [0.717, 1.165) is 39.6 Å². The van der Waals surface area contributed by atoms with E-state index in [1.807, 2.05) is 39.5 Å². The zero-order valence-electron chi connectivity index (χ0n) is 26.6. The molecule has 0 saturated carbocycles. The number of hydrogen-bond donors (Lipinski definition) is 2. The molecule has 2 aromatic carbocycles. The van der Waals surface area contributed by atoms with Crippen molar-refractivity contribution in [3.8, 4) is 39.9 Å². The second-order valence-electron chi connectivity index (χ2n) is 11.4. The number of nitrogens with zero attached hydrogens (tertiary/aromatic N) is 7. The Labute approximate surface area is 278 Å². The van der Waals surface area contributed by atoms with E-state index in [9.17, 15) is 14.4 Å². The van der Waals surface area contributed by atoms with Gasteiger partial charge in [0.1, 0.15) is 34.6 Å². The lowest BCUT2D eigenvalue weighted by Crippen LogP contribution is -2.38. The van der Waals surface area contributed by atoms with Gasteiger partial charge in [0, 0.05) is 43.4 Å². The predicted octanol–water partition coefficient (Wildman–Crippen LogP) is 4.63. The summed E-state index contributed by atoms with van der Waals surface area (Å²) in [7, 11) is 5.87. The summed E-state index contributed by atoms with van der Waals surface area (Å²) >= 11 is 0. The van der Waals surface area contributed by atoms with E-state index in [1.165, 1.54) is 18.6 Å². The van der Waals surface area contributed by atoms with Crippen LogP contribution in [0.3, 0.4) is 0 Å². The molecular weight excluding hydrogens is 626 g/mol. The summed E-state index contributed by atoms with van der Waals surface area (Å²) in [6.45, 7) is 0.747. The van der Waals surface area contributed by atoms with Crippen molar-refractivity contribution in [2.45, 2.75) is 6.54 Å². The molecule has 5 aromatic heterocycles. The van der Waals surface area contributed by atoms with Crippen LogP contribution in [-0.4, -0.2) is 59.2 Å². The van der Waals surface area contributed by atoms with Gasteiger partial charge in [-0.2, -0.15) is 5.10 Å². The summed E-state index contributed by atoms with van der Waals surface area (Å²) in [5.41, 5.74) is 2.51. The monoisotopic (exact) mass is 655 g/mol. The van der Waals surface area contributed by atoms with Gasteiger partial charge in [-0.1, -0.05) is 24.3 Å². The summed E-state index contributed by atoms with van der Waals surface area (Å²) in [4.78, 5) is 56.0. The van der Waals surface area contributed by atoms with E-state index in [4.69, 9.17) is 9.15 Å². The number of carbonyl (C=O) groups excluding carboxylic acids is 1. The molecule has 0 aliphatic carbocycles. The molecule has 244 valence electrons. The Morgan fingerprint density at radius 3 is 2.57 bits per heavy atom. The van der Waals surface area contributed by atoms with Gasteiger partial charge in [0.25, 0.3) is 11.5 Å². The Morgan fingerprint density at radius 2 is 1.84 bits per heavy atom. The fourth-order valence-corrected chi connectivity index (χ4v) is 5.44. The molecular formula is C35H29N9O5. The number of H-pyrrole nitrogens is 1. The molecule has 0 saturated heterocycles. The van der Waals surface area contributed by atoms with E-state index in [2.05, 4.69) is 47.4 Å². The van der Waals surface area contributed by atoms with Crippen LogP contribution >= 0.6 is 0 Å². The van der Waals surface area contributed by atoms with Crippen molar-refractivity contribution >= 4 is 22.7 Å². The largest absolute Gasteiger partial charge is 0.438 e. The van der Waals surface area contributed by atoms with Gasteiger partial charge in [0.2, 0.25) is 11.6 Å². The number of hydrogen-bond acceptors (Lipinski definition) is 10. The molecule has 49 heavy (non-hydrogen) atoms. The van der Waals surface area contributed by atoms with Gasteiger partial charge in [0.15, 0.2) is 0 Å². The molecule has 14 heteroatoms. The van der Waals surface area contributed by atoms with E-state index < -0.39 is 17.2 Å². The second-order valence-corrected chi connectivity index (χ2v) is 11.4. The molecule has 0 fully saturated rings. The lowest BCUT2D eigenvalue weighted by atomic mass is 9.99. The molecule has 1 amide bonds. The molecule has 2 N–H and O–H groups in total. The van der Waals surface area contributed by atoms with Gasteiger partial charge in [0.05, 0.1) is 11.8 Å². The summed E-state index contributed by atoms with van der Waals surface area (Å²) in [6, 6.07) is 19.5. The second kappa shape index (κ2) is 12.8. The van der Waals surface area contributed by atoms with Crippen LogP contribution in [0.4, 0.5) is 5.69 Å². The minimum absolute atomic E-state index is 0.0957. The van der Waals surface area contributed by atoms with Gasteiger partial charge >= 0.3 is 5.69 Å². The average Bonchev–Trinajstić information content (AvgIpc) is 3.70. The number of nitrogens with one attached hydrogen (secondary N) is 2. The van der Waals surface area contributed by atoms with Crippen LogP contribution < -0.4 is 21.3 Å². The van der Waals surface area contributed by atoms with Crippen molar-refractivity contribution in [2.24, 2.45) is 7.05 Å². The minimum Gasteiger partial charge on any atom is -0.438 e. The molecule has 0 bridgehead atoms. The first-order chi connectivity index (χ1) is 23.7. The summed E-state index contributed by atoms with van der Waals surface area (Å²) in [5.74, 6) is 0.670. The molecule has 0 unspecified atom stereocenters. The van der Waals surface area contributed by atoms with Gasteiger partial charge in [-0.05, 0) is 67.7 Å². The number of pyridine rings is 1. The quantitative estimate of drug-likeness (QED) is 0.224. The van der Waals surface area contributed by atoms with Crippen LogP contribution in [0, 0.1) is 0 Å². The maximum atomic E-state index is 13.1. The molecule has 0 radical (unpaired) electrons. The zero-order chi connectivity index (χ0) is 34.1. The van der Waals surface area contributed by atoms with Crippen molar-refractivity contribution < 1.29 is 13.9 Å². The SMILES string of the molecule is CN(C)Cc1cccc(-c2c(-c3cnn(C)c3)oc3ncnc(Oc4ccc(NC(=O)c5c[nH]c(=O)n(-c6ccccn6)c5=O)cc4)c23)c1. The van der Waals surface area contributed by atoms with Crippen molar-refractivity contribution in [3.63, 3.8) is 0 Å². The first-order valence-electron chi connectivity index (χ1n) is 15.1. The number of amides is 1. The highest BCUT2D eigenvalue weighted by atomic mass is 16.5. The van der Waals surface area contributed by atoms with Gasteiger partial charge in [-0.3, -0.25) is 14.3 Å². The topological polar surface area (TPSA) is 166 Å².